The van der Waals surface area contributed by atoms with E-state index in [0.29, 0.717) is 12.5 Å². The van der Waals surface area contributed by atoms with Gasteiger partial charge < -0.3 is 11.1 Å². The Morgan fingerprint density at radius 1 is 1.61 bits per heavy atom. The molecular formula is C11H16N4O3. The van der Waals surface area contributed by atoms with Crippen molar-refractivity contribution in [2.75, 3.05) is 12.3 Å². The Hall–Kier alpha value is -2.18. The summed E-state index contributed by atoms with van der Waals surface area (Å²) in [6, 6.07) is 1.21. The van der Waals surface area contributed by atoms with Crippen LogP contribution in [0.25, 0.3) is 0 Å². The van der Waals surface area contributed by atoms with Gasteiger partial charge in [-0.1, -0.05) is 13.8 Å². The molecule has 0 radical (unpaired) electrons. The SMILES string of the molecule is CC(C)CCNC(=O)c1cc(N)ncc1[N+](=O)[O-]. The van der Waals surface area contributed by atoms with Crippen LogP contribution in [0.3, 0.4) is 0 Å². The number of nitrogens with zero attached hydrogens (tertiary/aromatic N) is 2. The number of nitrogens with one attached hydrogen (secondary N) is 1. The molecule has 0 bridgehead atoms. The molecule has 1 amide bonds. The van der Waals surface area contributed by atoms with Gasteiger partial charge in [0.15, 0.2) is 0 Å². The number of carbonyl (C=O) groups excluding carboxylic acids is 1. The molecule has 0 spiro atoms. The molecule has 7 heteroatoms. The number of amides is 1. The first kappa shape index (κ1) is 13.9. The fourth-order valence-electron chi connectivity index (χ4n) is 1.36. The van der Waals surface area contributed by atoms with Crippen molar-refractivity contribution in [3.05, 3.63) is 27.9 Å². The molecule has 0 atom stereocenters. The first-order valence-electron chi connectivity index (χ1n) is 5.60. The Bertz CT molecular complexity index is 460. The van der Waals surface area contributed by atoms with E-state index in [0.717, 1.165) is 12.6 Å². The smallest absolute Gasteiger partial charge is 0.300 e. The van der Waals surface area contributed by atoms with Crippen molar-refractivity contribution in [3.8, 4) is 0 Å². The lowest BCUT2D eigenvalue weighted by atomic mass is 10.1. The third-order valence-corrected chi connectivity index (χ3v) is 2.35. The van der Waals surface area contributed by atoms with Gasteiger partial charge in [-0.15, -0.1) is 0 Å². The number of pyridine rings is 1. The number of nitro groups is 1. The average molecular weight is 252 g/mol. The van der Waals surface area contributed by atoms with E-state index in [1.165, 1.54) is 6.07 Å². The van der Waals surface area contributed by atoms with Crippen LogP contribution in [-0.4, -0.2) is 22.4 Å². The summed E-state index contributed by atoms with van der Waals surface area (Å²) < 4.78 is 0. The van der Waals surface area contributed by atoms with E-state index in [2.05, 4.69) is 10.3 Å². The Kier molecular flexibility index (Phi) is 4.59. The highest BCUT2D eigenvalue weighted by atomic mass is 16.6. The van der Waals surface area contributed by atoms with Gasteiger partial charge in [0.05, 0.1) is 4.92 Å². The standard InChI is InChI=1S/C11H16N4O3/c1-7(2)3-4-13-11(16)8-5-10(12)14-6-9(8)15(17)18/h5-7H,3-4H2,1-2H3,(H2,12,14)(H,13,16). The lowest BCUT2D eigenvalue weighted by molar-refractivity contribution is -0.385. The second-order valence-corrected chi connectivity index (χ2v) is 4.32. The van der Waals surface area contributed by atoms with Crippen molar-refractivity contribution in [2.45, 2.75) is 20.3 Å². The lowest BCUT2D eigenvalue weighted by Gasteiger charge is -2.07. The van der Waals surface area contributed by atoms with Crippen LogP contribution in [0, 0.1) is 16.0 Å². The van der Waals surface area contributed by atoms with E-state index in [4.69, 9.17) is 5.73 Å². The first-order chi connectivity index (χ1) is 8.41. The second kappa shape index (κ2) is 5.95. The van der Waals surface area contributed by atoms with Gasteiger partial charge in [-0.2, -0.15) is 0 Å². The number of hydrogen-bond acceptors (Lipinski definition) is 5. The molecule has 0 aliphatic rings. The van der Waals surface area contributed by atoms with Gasteiger partial charge >= 0.3 is 0 Å². The lowest BCUT2D eigenvalue weighted by Crippen LogP contribution is -2.26. The van der Waals surface area contributed by atoms with Gasteiger partial charge in [0.1, 0.15) is 17.6 Å². The van der Waals surface area contributed by atoms with Crippen LogP contribution >= 0.6 is 0 Å². The molecule has 98 valence electrons. The number of anilines is 1. The van der Waals surface area contributed by atoms with E-state index in [1.807, 2.05) is 13.8 Å². The highest BCUT2D eigenvalue weighted by Gasteiger charge is 2.20. The van der Waals surface area contributed by atoms with Crippen LogP contribution < -0.4 is 11.1 Å². The maximum atomic E-state index is 11.8. The normalized spacial score (nSPS) is 10.4. The highest BCUT2D eigenvalue weighted by molar-refractivity contribution is 5.98. The number of hydrogen-bond donors (Lipinski definition) is 2. The first-order valence-corrected chi connectivity index (χ1v) is 5.60. The molecule has 1 aromatic heterocycles. The van der Waals surface area contributed by atoms with E-state index in [9.17, 15) is 14.9 Å². The predicted molar refractivity (Wildman–Crippen MR) is 67.1 cm³/mol. The summed E-state index contributed by atoms with van der Waals surface area (Å²) in [6.45, 7) is 4.52. The molecule has 0 fully saturated rings. The van der Waals surface area contributed by atoms with Gasteiger partial charge in [0.2, 0.25) is 0 Å². The Labute approximate surface area is 105 Å². The minimum Gasteiger partial charge on any atom is -0.384 e. The number of nitrogens with two attached hydrogens (primary N) is 1. The Balaban J connectivity index is 2.84. The van der Waals surface area contributed by atoms with Crippen molar-refractivity contribution in [1.29, 1.82) is 0 Å². The predicted octanol–water partition coefficient (Wildman–Crippen LogP) is 1.35. The molecule has 0 aromatic carbocycles. The van der Waals surface area contributed by atoms with E-state index < -0.39 is 10.8 Å². The van der Waals surface area contributed by atoms with Crippen LogP contribution in [0.4, 0.5) is 11.5 Å². The van der Waals surface area contributed by atoms with E-state index in [-0.39, 0.29) is 17.1 Å². The maximum Gasteiger partial charge on any atom is 0.300 e. The summed E-state index contributed by atoms with van der Waals surface area (Å²) in [6.07, 6.45) is 1.80. The van der Waals surface area contributed by atoms with E-state index >= 15 is 0 Å². The van der Waals surface area contributed by atoms with Crippen LogP contribution in [0.15, 0.2) is 12.3 Å². The van der Waals surface area contributed by atoms with Gasteiger partial charge in [0, 0.05) is 6.54 Å². The molecule has 0 aliphatic carbocycles. The van der Waals surface area contributed by atoms with Gasteiger partial charge in [-0.3, -0.25) is 14.9 Å². The largest absolute Gasteiger partial charge is 0.384 e. The van der Waals surface area contributed by atoms with Crippen LogP contribution in [0.2, 0.25) is 0 Å². The molecule has 0 aliphatic heterocycles. The quantitative estimate of drug-likeness (QED) is 0.606. The van der Waals surface area contributed by atoms with Gasteiger partial charge in [0.25, 0.3) is 11.6 Å². The third-order valence-electron chi connectivity index (χ3n) is 2.35. The van der Waals surface area contributed by atoms with Crippen molar-refractivity contribution in [1.82, 2.24) is 10.3 Å². The number of nitrogen functional groups attached to an aromatic ring is 1. The molecule has 0 unspecified atom stereocenters. The summed E-state index contributed by atoms with van der Waals surface area (Å²) in [7, 11) is 0. The Morgan fingerprint density at radius 3 is 2.83 bits per heavy atom. The molecular weight excluding hydrogens is 236 g/mol. The molecule has 1 aromatic rings. The van der Waals surface area contributed by atoms with Crippen molar-refractivity contribution >= 4 is 17.4 Å². The molecule has 7 nitrogen and oxygen atoms in total. The van der Waals surface area contributed by atoms with Crippen molar-refractivity contribution in [3.63, 3.8) is 0 Å². The maximum absolute atomic E-state index is 11.8. The molecule has 3 N–H and O–H groups in total. The van der Waals surface area contributed by atoms with Gasteiger partial charge in [-0.25, -0.2) is 4.98 Å². The number of aromatic nitrogens is 1. The zero-order valence-electron chi connectivity index (χ0n) is 10.3. The van der Waals surface area contributed by atoms with Crippen LogP contribution in [-0.2, 0) is 0 Å². The molecule has 0 saturated carbocycles. The van der Waals surface area contributed by atoms with Crippen LogP contribution in [0.1, 0.15) is 30.6 Å². The minimum absolute atomic E-state index is 0.0590. The van der Waals surface area contributed by atoms with E-state index in [1.54, 1.807) is 0 Å². The minimum atomic E-state index is -0.649. The molecule has 1 rings (SSSR count). The number of carbonyl (C=O) groups is 1. The fourth-order valence-corrected chi connectivity index (χ4v) is 1.36. The molecule has 18 heavy (non-hydrogen) atoms. The zero-order valence-corrected chi connectivity index (χ0v) is 10.3. The van der Waals surface area contributed by atoms with Crippen LogP contribution in [0.5, 0.6) is 0 Å². The summed E-state index contributed by atoms with van der Waals surface area (Å²) in [5.41, 5.74) is 5.03. The summed E-state index contributed by atoms with van der Waals surface area (Å²) >= 11 is 0. The monoisotopic (exact) mass is 252 g/mol. The molecule has 0 saturated heterocycles. The summed E-state index contributed by atoms with van der Waals surface area (Å²) in [5.74, 6) is 0.0221. The Morgan fingerprint density at radius 2 is 2.28 bits per heavy atom. The summed E-state index contributed by atoms with van der Waals surface area (Å²) in [5, 5.41) is 13.4. The van der Waals surface area contributed by atoms with Crippen molar-refractivity contribution in [2.24, 2.45) is 5.92 Å². The third kappa shape index (κ3) is 3.69. The summed E-state index contributed by atoms with van der Waals surface area (Å²) in [4.78, 5) is 25.5. The topological polar surface area (TPSA) is 111 Å². The molecule has 1 heterocycles. The average Bonchev–Trinajstić information content (AvgIpc) is 2.27. The second-order valence-electron chi connectivity index (χ2n) is 4.32. The zero-order chi connectivity index (χ0) is 13.7. The van der Waals surface area contributed by atoms with Gasteiger partial charge in [-0.05, 0) is 18.4 Å². The fraction of sp³-hybridized carbons (Fsp3) is 0.455. The highest BCUT2D eigenvalue weighted by Crippen LogP contribution is 2.18. The van der Waals surface area contributed by atoms with Crippen molar-refractivity contribution < 1.29 is 9.72 Å². The number of rotatable bonds is 5.